The standard InChI is InChI=1S/C16H17N5S/c1-17-14-9-15(19-10-18-14)21-8-4-6-12(21)16-20-11-5-2-3-7-13(11)22-16/h2-3,5,7,9-10,12H,4,6,8H2,1H3,(H,17,18,19). The molecule has 1 N–H and O–H groups in total. The first-order chi connectivity index (χ1) is 10.8. The fourth-order valence-electron chi connectivity index (χ4n) is 2.97. The van der Waals surface area contributed by atoms with Gasteiger partial charge in [-0.3, -0.25) is 0 Å². The molecule has 1 aromatic carbocycles. The molecule has 6 heteroatoms. The van der Waals surface area contributed by atoms with Gasteiger partial charge >= 0.3 is 0 Å². The van der Waals surface area contributed by atoms with Crippen molar-refractivity contribution in [1.82, 2.24) is 15.0 Å². The Labute approximate surface area is 133 Å². The van der Waals surface area contributed by atoms with Crippen LogP contribution in [0.2, 0.25) is 0 Å². The predicted octanol–water partition coefficient (Wildman–Crippen LogP) is 3.47. The maximum Gasteiger partial charge on any atom is 0.134 e. The van der Waals surface area contributed by atoms with Crippen LogP contribution in [-0.4, -0.2) is 28.5 Å². The lowest BCUT2D eigenvalue weighted by molar-refractivity contribution is 0.706. The van der Waals surface area contributed by atoms with Crippen LogP contribution in [0.4, 0.5) is 11.6 Å². The topological polar surface area (TPSA) is 53.9 Å². The van der Waals surface area contributed by atoms with Crippen molar-refractivity contribution in [2.24, 2.45) is 0 Å². The molecule has 4 rings (SSSR count). The zero-order valence-electron chi connectivity index (χ0n) is 12.4. The van der Waals surface area contributed by atoms with Crippen molar-refractivity contribution in [2.45, 2.75) is 18.9 Å². The van der Waals surface area contributed by atoms with E-state index >= 15 is 0 Å². The Bertz CT molecular complexity index is 767. The summed E-state index contributed by atoms with van der Waals surface area (Å²) in [5.41, 5.74) is 1.09. The van der Waals surface area contributed by atoms with E-state index in [-0.39, 0.29) is 0 Å². The molecule has 1 aliphatic rings. The SMILES string of the molecule is CNc1cc(N2CCCC2c2nc3ccccc3s2)ncn1. The van der Waals surface area contributed by atoms with Crippen molar-refractivity contribution in [3.05, 3.63) is 41.7 Å². The van der Waals surface area contributed by atoms with E-state index in [0.29, 0.717) is 6.04 Å². The third kappa shape index (κ3) is 2.29. The maximum absolute atomic E-state index is 4.83. The molecule has 1 unspecified atom stereocenters. The molecule has 2 aromatic heterocycles. The Morgan fingerprint density at radius 3 is 3.05 bits per heavy atom. The van der Waals surface area contributed by atoms with Gasteiger partial charge in [-0.05, 0) is 25.0 Å². The third-order valence-electron chi connectivity index (χ3n) is 4.05. The largest absolute Gasteiger partial charge is 0.373 e. The average Bonchev–Trinajstić information content (AvgIpc) is 3.21. The molecular weight excluding hydrogens is 294 g/mol. The molecule has 1 aliphatic heterocycles. The minimum Gasteiger partial charge on any atom is -0.373 e. The first kappa shape index (κ1) is 13.5. The Balaban J connectivity index is 1.70. The summed E-state index contributed by atoms with van der Waals surface area (Å²) in [6.07, 6.45) is 3.91. The Morgan fingerprint density at radius 1 is 1.27 bits per heavy atom. The van der Waals surface area contributed by atoms with Crippen LogP contribution >= 0.6 is 11.3 Å². The highest BCUT2D eigenvalue weighted by Gasteiger charge is 2.29. The first-order valence-electron chi connectivity index (χ1n) is 7.47. The summed E-state index contributed by atoms with van der Waals surface area (Å²) in [5.74, 6) is 1.82. The summed E-state index contributed by atoms with van der Waals surface area (Å²) in [6, 6.07) is 10.7. The fraction of sp³-hybridized carbons (Fsp3) is 0.312. The predicted molar refractivity (Wildman–Crippen MR) is 90.5 cm³/mol. The Kier molecular flexibility index (Phi) is 3.38. The van der Waals surface area contributed by atoms with Gasteiger partial charge in [0.1, 0.15) is 23.0 Å². The highest BCUT2D eigenvalue weighted by atomic mass is 32.1. The van der Waals surface area contributed by atoms with Crippen LogP contribution in [0.3, 0.4) is 0 Å². The molecule has 0 amide bonds. The number of nitrogens with one attached hydrogen (secondary N) is 1. The number of nitrogens with zero attached hydrogens (tertiary/aromatic N) is 4. The number of para-hydroxylation sites is 1. The summed E-state index contributed by atoms with van der Waals surface area (Å²) in [5, 5.41) is 4.26. The molecule has 1 fully saturated rings. The number of aromatic nitrogens is 3. The van der Waals surface area contributed by atoms with Gasteiger partial charge in [-0.25, -0.2) is 15.0 Å². The lowest BCUT2D eigenvalue weighted by atomic mass is 10.2. The summed E-state index contributed by atoms with van der Waals surface area (Å²) in [6.45, 7) is 1.01. The van der Waals surface area contributed by atoms with Crippen molar-refractivity contribution < 1.29 is 0 Å². The van der Waals surface area contributed by atoms with Crippen LogP contribution in [0.25, 0.3) is 10.2 Å². The minimum absolute atomic E-state index is 0.317. The molecule has 3 aromatic rings. The Hall–Kier alpha value is -2.21. The summed E-state index contributed by atoms with van der Waals surface area (Å²) in [7, 11) is 1.88. The van der Waals surface area contributed by atoms with Gasteiger partial charge in [-0.15, -0.1) is 11.3 Å². The van der Waals surface area contributed by atoms with E-state index < -0.39 is 0 Å². The second-order valence-corrected chi connectivity index (χ2v) is 6.44. The second-order valence-electron chi connectivity index (χ2n) is 5.38. The fourth-order valence-corrected chi connectivity index (χ4v) is 4.09. The van der Waals surface area contributed by atoms with Gasteiger partial charge in [-0.2, -0.15) is 0 Å². The molecule has 0 spiro atoms. The van der Waals surface area contributed by atoms with Crippen LogP contribution in [0.15, 0.2) is 36.7 Å². The number of hydrogen-bond donors (Lipinski definition) is 1. The van der Waals surface area contributed by atoms with Crippen LogP contribution in [0.1, 0.15) is 23.9 Å². The molecule has 0 bridgehead atoms. The van der Waals surface area contributed by atoms with Gasteiger partial charge in [0.25, 0.3) is 0 Å². The first-order valence-corrected chi connectivity index (χ1v) is 8.29. The van der Waals surface area contributed by atoms with E-state index in [1.807, 2.05) is 19.2 Å². The molecule has 0 saturated carbocycles. The van der Waals surface area contributed by atoms with E-state index in [9.17, 15) is 0 Å². The monoisotopic (exact) mass is 311 g/mol. The van der Waals surface area contributed by atoms with E-state index in [2.05, 4.69) is 38.4 Å². The van der Waals surface area contributed by atoms with Crippen molar-refractivity contribution in [2.75, 3.05) is 23.8 Å². The summed E-state index contributed by atoms with van der Waals surface area (Å²) < 4.78 is 1.25. The molecule has 3 heterocycles. The van der Waals surface area contributed by atoms with Crippen molar-refractivity contribution in [1.29, 1.82) is 0 Å². The molecule has 112 valence electrons. The van der Waals surface area contributed by atoms with E-state index in [1.165, 1.54) is 16.1 Å². The number of fused-ring (bicyclic) bond motifs is 1. The molecular formula is C16H17N5S. The quantitative estimate of drug-likeness (QED) is 0.802. The van der Waals surface area contributed by atoms with E-state index in [4.69, 9.17) is 4.98 Å². The van der Waals surface area contributed by atoms with Gasteiger partial charge in [0.2, 0.25) is 0 Å². The molecule has 22 heavy (non-hydrogen) atoms. The normalized spacial score (nSPS) is 18.0. The minimum atomic E-state index is 0.317. The Morgan fingerprint density at radius 2 is 2.18 bits per heavy atom. The van der Waals surface area contributed by atoms with Crippen molar-refractivity contribution in [3.63, 3.8) is 0 Å². The van der Waals surface area contributed by atoms with Crippen LogP contribution < -0.4 is 10.2 Å². The summed E-state index contributed by atoms with van der Waals surface area (Å²) in [4.78, 5) is 15.8. The molecule has 5 nitrogen and oxygen atoms in total. The third-order valence-corrected chi connectivity index (χ3v) is 5.19. The molecule has 0 aliphatic carbocycles. The molecule has 1 saturated heterocycles. The number of hydrogen-bond acceptors (Lipinski definition) is 6. The summed E-state index contributed by atoms with van der Waals surface area (Å²) >= 11 is 1.79. The highest BCUT2D eigenvalue weighted by molar-refractivity contribution is 7.18. The van der Waals surface area contributed by atoms with Gasteiger partial charge in [0.15, 0.2) is 0 Å². The number of benzene rings is 1. The van der Waals surface area contributed by atoms with E-state index in [0.717, 1.165) is 30.1 Å². The molecule has 1 atom stereocenters. The van der Waals surface area contributed by atoms with Gasteiger partial charge in [0.05, 0.1) is 16.3 Å². The zero-order chi connectivity index (χ0) is 14.9. The van der Waals surface area contributed by atoms with Gasteiger partial charge in [-0.1, -0.05) is 12.1 Å². The smallest absolute Gasteiger partial charge is 0.134 e. The average molecular weight is 311 g/mol. The van der Waals surface area contributed by atoms with Crippen LogP contribution in [0, 0.1) is 0 Å². The van der Waals surface area contributed by atoms with Crippen molar-refractivity contribution >= 4 is 33.2 Å². The highest BCUT2D eigenvalue weighted by Crippen LogP contribution is 2.38. The van der Waals surface area contributed by atoms with E-state index in [1.54, 1.807) is 17.7 Å². The number of anilines is 2. The lowest BCUT2D eigenvalue weighted by Crippen LogP contribution is -2.23. The van der Waals surface area contributed by atoms with Gasteiger partial charge in [0, 0.05) is 19.7 Å². The lowest BCUT2D eigenvalue weighted by Gasteiger charge is -2.24. The van der Waals surface area contributed by atoms with Crippen molar-refractivity contribution in [3.8, 4) is 0 Å². The zero-order valence-corrected chi connectivity index (χ0v) is 13.2. The van der Waals surface area contributed by atoms with Gasteiger partial charge < -0.3 is 10.2 Å². The molecule has 0 radical (unpaired) electrons. The van der Waals surface area contributed by atoms with Crippen LogP contribution in [-0.2, 0) is 0 Å². The second kappa shape index (κ2) is 5.53. The maximum atomic E-state index is 4.83. The number of rotatable bonds is 3. The van der Waals surface area contributed by atoms with Crippen LogP contribution in [0.5, 0.6) is 0 Å². The number of thiazole rings is 1.